The molecular formula is C33H31ClN6O7. The number of nitrogens with one attached hydrogen (secondary N) is 1. The van der Waals surface area contributed by atoms with Crippen molar-refractivity contribution in [2.75, 3.05) is 55.0 Å². The highest BCUT2D eigenvalue weighted by molar-refractivity contribution is 6.33. The lowest BCUT2D eigenvalue weighted by Crippen LogP contribution is -2.49. The third-order valence-corrected chi connectivity index (χ3v) is 8.65. The number of carbonyl (C=O) groups excluding carboxylic acids is 3. The summed E-state index contributed by atoms with van der Waals surface area (Å²) in [6.07, 6.45) is 1.27. The first-order chi connectivity index (χ1) is 22.6. The van der Waals surface area contributed by atoms with E-state index in [1.54, 1.807) is 60.2 Å². The molecule has 2 aliphatic heterocycles. The summed E-state index contributed by atoms with van der Waals surface area (Å²) < 4.78 is 10.7. The van der Waals surface area contributed by atoms with Crippen LogP contribution in [0.5, 0.6) is 5.75 Å². The summed E-state index contributed by atoms with van der Waals surface area (Å²) in [6.45, 7) is 3.74. The molecule has 0 spiro atoms. The van der Waals surface area contributed by atoms with Crippen molar-refractivity contribution in [2.24, 2.45) is 0 Å². The number of nitro groups is 1. The van der Waals surface area contributed by atoms with Crippen molar-refractivity contribution in [3.63, 3.8) is 0 Å². The highest BCUT2D eigenvalue weighted by Gasteiger charge is 2.31. The molecule has 3 amide bonds. The van der Waals surface area contributed by atoms with Crippen molar-refractivity contribution >= 4 is 52.1 Å². The fourth-order valence-electron chi connectivity index (χ4n) is 5.85. The average molecular weight is 659 g/mol. The molecule has 2 saturated heterocycles. The van der Waals surface area contributed by atoms with Gasteiger partial charge in [0.1, 0.15) is 28.5 Å². The molecule has 0 saturated carbocycles. The fourth-order valence-corrected chi connectivity index (χ4v) is 6.13. The summed E-state index contributed by atoms with van der Waals surface area (Å²) in [7, 11) is 1.56. The van der Waals surface area contributed by atoms with Crippen molar-refractivity contribution in [3.05, 3.63) is 92.7 Å². The Morgan fingerprint density at radius 1 is 1.04 bits per heavy atom. The molecule has 6 rings (SSSR count). The Bertz CT molecular complexity index is 1870. The Balaban J connectivity index is 1.17. The van der Waals surface area contributed by atoms with Gasteiger partial charge in [0.15, 0.2) is 0 Å². The molecule has 0 atom stereocenters. The zero-order valence-electron chi connectivity index (χ0n) is 25.7. The van der Waals surface area contributed by atoms with Gasteiger partial charge in [0.2, 0.25) is 5.91 Å². The minimum Gasteiger partial charge on any atom is -0.497 e. The molecule has 4 aromatic rings. The number of halogens is 1. The number of carbonyl (C=O) groups is 3. The van der Waals surface area contributed by atoms with Crippen LogP contribution in [0.25, 0.3) is 11.3 Å². The van der Waals surface area contributed by atoms with E-state index in [9.17, 15) is 24.5 Å². The summed E-state index contributed by atoms with van der Waals surface area (Å²) in [5, 5.41) is 18.8. The molecule has 3 aromatic carbocycles. The Morgan fingerprint density at radius 2 is 1.79 bits per heavy atom. The van der Waals surface area contributed by atoms with Crippen LogP contribution in [-0.4, -0.2) is 72.5 Å². The molecule has 14 heteroatoms. The Hall–Kier alpha value is -5.43. The first kappa shape index (κ1) is 31.5. The number of benzene rings is 3. The van der Waals surface area contributed by atoms with Crippen LogP contribution in [0.2, 0.25) is 5.02 Å². The number of ether oxygens (including phenoxy) is 1. The fraction of sp³-hybridized carbons (Fsp3) is 0.273. The van der Waals surface area contributed by atoms with Crippen LogP contribution in [0, 0.1) is 17.0 Å². The number of amides is 3. The monoisotopic (exact) mass is 658 g/mol. The lowest BCUT2D eigenvalue weighted by Gasteiger charge is -2.36. The number of nitrogens with zero attached hydrogens (tertiary/aromatic N) is 5. The summed E-state index contributed by atoms with van der Waals surface area (Å²) in [5.74, 6) is 0.270. The van der Waals surface area contributed by atoms with E-state index in [-0.39, 0.29) is 33.8 Å². The minimum absolute atomic E-state index is 0.0141. The number of anilines is 3. The van der Waals surface area contributed by atoms with Gasteiger partial charge in [0.05, 0.1) is 22.7 Å². The first-order valence-electron chi connectivity index (χ1n) is 15.0. The number of nitro benzene ring substituents is 1. The molecule has 1 N–H and O–H groups in total. The highest BCUT2D eigenvalue weighted by atomic mass is 35.5. The molecule has 242 valence electrons. The highest BCUT2D eigenvalue weighted by Crippen LogP contribution is 2.38. The molecule has 2 fully saturated rings. The standard InChI is InChI=1S/C33H31ClN6O7/c1-20-30(31(36-47-20)22-5-3-6-24(17-22)46-2)33(43)38-15-13-37(14-16-38)27-19-26(28(40(44)45)18-25(27)34)35-32(42)21-8-10-23(11-9-21)39-12-4-7-29(39)41/h3,5-6,8-11,17-19H,4,7,12-16H2,1-2H3,(H,35,42). The van der Waals surface area contributed by atoms with Gasteiger partial charge in [-0.2, -0.15) is 0 Å². The van der Waals surface area contributed by atoms with Crippen LogP contribution in [0.3, 0.4) is 0 Å². The Labute approximate surface area is 274 Å². The molecule has 47 heavy (non-hydrogen) atoms. The number of methoxy groups -OCH3 is 1. The van der Waals surface area contributed by atoms with Gasteiger partial charge >= 0.3 is 0 Å². The van der Waals surface area contributed by atoms with Crippen LogP contribution in [0.15, 0.2) is 65.2 Å². The number of piperazine rings is 1. The zero-order chi connectivity index (χ0) is 33.2. The summed E-state index contributed by atoms with van der Waals surface area (Å²) in [6, 6.07) is 16.4. The van der Waals surface area contributed by atoms with Crippen LogP contribution in [-0.2, 0) is 4.79 Å². The molecular weight excluding hydrogens is 628 g/mol. The van der Waals surface area contributed by atoms with Crippen LogP contribution >= 0.6 is 11.6 Å². The van der Waals surface area contributed by atoms with Crippen molar-refractivity contribution in [3.8, 4) is 17.0 Å². The van der Waals surface area contributed by atoms with Crippen LogP contribution < -0.4 is 19.9 Å². The second-order valence-corrected chi connectivity index (χ2v) is 11.6. The SMILES string of the molecule is COc1cccc(-c2noc(C)c2C(=O)N2CCN(c3cc(NC(=O)c4ccc(N5CCCC5=O)cc4)c([N+](=O)[O-])cc3Cl)CC2)c1. The van der Waals surface area contributed by atoms with Gasteiger partial charge in [0, 0.05) is 62.0 Å². The largest absolute Gasteiger partial charge is 0.497 e. The van der Waals surface area contributed by atoms with E-state index in [1.165, 1.54) is 12.1 Å². The molecule has 0 aliphatic carbocycles. The van der Waals surface area contributed by atoms with Gasteiger partial charge in [-0.05, 0) is 55.8 Å². The number of hydrogen-bond donors (Lipinski definition) is 1. The van der Waals surface area contributed by atoms with E-state index >= 15 is 0 Å². The number of rotatable bonds is 8. The lowest BCUT2D eigenvalue weighted by atomic mass is 10.0. The molecule has 0 radical (unpaired) electrons. The van der Waals surface area contributed by atoms with Crippen molar-refractivity contribution in [2.45, 2.75) is 19.8 Å². The van der Waals surface area contributed by atoms with Crippen molar-refractivity contribution < 1.29 is 28.6 Å². The van der Waals surface area contributed by atoms with Crippen molar-refractivity contribution in [1.82, 2.24) is 10.1 Å². The van der Waals surface area contributed by atoms with Gasteiger partial charge in [-0.1, -0.05) is 28.9 Å². The third-order valence-electron chi connectivity index (χ3n) is 8.35. The number of aromatic nitrogens is 1. The van der Waals surface area contributed by atoms with Crippen LogP contribution in [0.4, 0.5) is 22.7 Å². The predicted molar refractivity (Wildman–Crippen MR) is 175 cm³/mol. The molecule has 0 unspecified atom stereocenters. The van der Waals surface area contributed by atoms with Gasteiger partial charge < -0.3 is 29.3 Å². The topological polar surface area (TPSA) is 151 Å². The smallest absolute Gasteiger partial charge is 0.294 e. The average Bonchev–Trinajstić information content (AvgIpc) is 3.70. The molecule has 2 aliphatic rings. The van der Waals surface area contributed by atoms with E-state index in [1.807, 2.05) is 17.0 Å². The quantitative estimate of drug-likeness (QED) is 0.189. The van der Waals surface area contributed by atoms with Gasteiger partial charge in [0.25, 0.3) is 17.5 Å². The molecule has 3 heterocycles. The number of aryl methyl sites for hydroxylation is 1. The van der Waals surface area contributed by atoms with Crippen molar-refractivity contribution in [1.29, 1.82) is 0 Å². The number of hydrogen-bond acceptors (Lipinski definition) is 9. The zero-order valence-corrected chi connectivity index (χ0v) is 26.5. The molecule has 0 bridgehead atoms. The Kier molecular flexibility index (Phi) is 8.81. The Morgan fingerprint density at radius 3 is 2.45 bits per heavy atom. The lowest BCUT2D eigenvalue weighted by molar-refractivity contribution is -0.383. The maximum Gasteiger partial charge on any atom is 0.294 e. The maximum absolute atomic E-state index is 13.7. The summed E-state index contributed by atoms with van der Waals surface area (Å²) >= 11 is 6.54. The van der Waals surface area contributed by atoms with E-state index in [0.717, 1.165) is 6.42 Å². The van der Waals surface area contributed by atoms with Gasteiger partial charge in [-0.15, -0.1) is 0 Å². The van der Waals surface area contributed by atoms with E-state index in [2.05, 4.69) is 10.5 Å². The molecule has 13 nitrogen and oxygen atoms in total. The first-order valence-corrected chi connectivity index (χ1v) is 15.4. The minimum atomic E-state index is -0.606. The third kappa shape index (κ3) is 6.34. The predicted octanol–water partition coefficient (Wildman–Crippen LogP) is 5.56. The second-order valence-electron chi connectivity index (χ2n) is 11.2. The summed E-state index contributed by atoms with van der Waals surface area (Å²) in [5.41, 5.74) is 2.56. The maximum atomic E-state index is 13.7. The normalized spacial score (nSPS) is 14.8. The van der Waals surface area contributed by atoms with E-state index in [0.29, 0.717) is 78.8 Å². The summed E-state index contributed by atoms with van der Waals surface area (Å²) in [4.78, 5) is 55.5. The van der Waals surface area contributed by atoms with Gasteiger partial charge in [-0.25, -0.2) is 0 Å². The van der Waals surface area contributed by atoms with E-state index < -0.39 is 10.8 Å². The molecule has 1 aromatic heterocycles. The van der Waals surface area contributed by atoms with Gasteiger partial charge in [-0.3, -0.25) is 24.5 Å². The van der Waals surface area contributed by atoms with Crippen LogP contribution in [0.1, 0.15) is 39.3 Å². The van der Waals surface area contributed by atoms with E-state index in [4.69, 9.17) is 20.9 Å². The second kappa shape index (κ2) is 13.1.